The molecule has 11 heteroatoms. The van der Waals surface area contributed by atoms with Crippen LogP contribution in [0.25, 0.3) is 11.1 Å². The molecule has 5 rings (SSSR count). The van der Waals surface area contributed by atoms with Gasteiger partial charge in [-0.3, -0.25) is 4.98 Å². The van der Waals surface area contributed by atoms with Crippen molar-refractivity contribution in [1.82, 2.24) is 15.6 Å². The largest absolute Gasteiger partial charge is 0.490 e. The van der Waals surface area contributed by atoms with Crippen LogP contribution in [0, 0.1) is 0 Å². The first-order chi connectivity index (χ1) is 21.7. The highest BCUT2D eigenvalue weighted by molar-refractivity contribution is 6.34. The Hall–Kier alpha value is -2.31. The third-order valence-corrected chi connectivity index (χ3v) is 9.35. The van der Waals surface area contributed by atoms with Gasteiger partial charge < -0.3 is 40.9 Å². The molecule has 0 spiro atoms. The van der Waals surface area contributed by atoms with Crippen LogP contribution >= 0.6 is 23.2 Å². The highest BCUT2D eigenvalue weighted by Crippen LogP contribution is 2.50. The first kappa shape index (κ1) is 34.0. The molecule has 2 aliphatic rings. The van der Waals surface area contributed by atoms with E-state index in [1.54, 1.807) is 0 Å². The fraction of sp³-hybridized carbons (Fsp3) is 0.500. The number of hydrogen-bond acceptors (Lipinski definition) is 9. The standard InChI is InChI=1S/C34H43Cl2N3O6/c35-27-16-22(28(36)15-21(27)5-3-4-13-37-19-29(41)32(43)33(44)30(42)20-40)17-39-34(11-12-34)26-18-38-14-10-24(26)25-6-1-2-7-31(25)45-23-8-9-23/h1-2,6-7,10,14-16,18,23,29-30,32-33,37,39-44H,3-5,8-9,11-13,17,19-20H2. The molecular formula is C34H43Cl2N3O6. The average molecular weight is 661 g/mol. The lowest BCUT2D eigenvalue weighted by Crippen LogP contribution is -2.49. The zero-order valence-electron chi connectivity index (χ0n) is 25.2. The molecule has 3 aromatic rings. The second-order valence-corrected chi connectivity index (χ2v) is 13.0. The van der Waals surface area contributed by atoms with Gasteiger partial charge in [0, 0.05) is 46.6 Å². The number of hydrogen-bond donors (Lipinski definition) is 7. The van der Waals surface area contributed by atoms with Crippen LogP contribution in [0.15, 0.2) is 54.9 Å². The second-order valence-electron chi connectivity index (χ2n) is 12.2. The Bertz CT molecular complexity index is 1420. The quantitative estimate of drug-likeness (QED) is 0.102. The molecular weight excluding hydrogens is 617 g/mol. The van der Waals surface area contributed by atoms with Gasteiger partial charge in [0.15, 0.2) is 0 Å². The van der Waals surface area contributed by atoms with Crippen molar-refractivity contribution in [3.8, 4) is 16.9 Å². The van der Waals surface area contributed by atoms with Crippen LogP contribution in [0.3, 0.4) is 0 Å². The summed E-state index contributed by atoms with van der Waals surface area (Å²) >= 11 is 13.4. The molecule has 0 amide bonds. The summed E-state index contributed by atoms with van der Waals surface area (Å²) in [6.07, 6.45) is 4.64. The lowest BCUT2D eigenvalue weighted by Gasteiger charge is -2.25. The highest BCUT2D eigenvalue weighted by atomic mass is 35.5. The average Bonchev–Trinajstić information content (AvgIpc) is 4.00. The maximum Gasteiger partial charge on any atom is 0.127 e. The van der Waals surface area contributed by atoms with Crippen LogP contribution in [0.5, 0.6) is 5.75 Å². The van der Waals surface area contributed by atoms with Crippen molar-refractivity contribution >= 4 is 23.2 Å². The molecule has 0 bridgehead atoms. The number of ether oxygens (including phenoxy) is 1. The smallest absolute Gasteiger partial charge is 0.127 e. The maximum atomic E-state index is 10.0. The molecule has 1 aromatic heterocycles. The number of halogens is 2. The van der Waals surface area contributed by atoms with Crippen molar-refractivity contribution in [2.45, 2.75) is 87.5 Å². The van der Waals surface area contributed by atoms with Gasteiger partial charge in [-0.2, -0.15) is 0 Å². The summed E-state index contributed by atoms with van der Waals surface area (Å²) < 4.78 is 6.23. The molecule has 244 valence electrons. The number of pyridine rings is 1. The zero-order chi connectivity index (χ0) is 32.0. The van der Waals surface area contributed by atoms with Crippen LogP contribution in [0.2, 0.25) is 10.0 Å². The van der Waals surface area contributed by atoms with Gasteiger partial charge in [0.05, 0.1) is 18.8 Å². The van der Waals surface area contributed by atoms with Crippen molar-refractivity contribution in [3.63, 3.8) is 0 Å². The molecule has 2 saturated carbocycles. The summed E-state index contributed by atoms with van der Waals surface area (Å²) in [6, 6.07) is 14.2. The van der Waals surface area contributed by atoms with Crippen LogP contribution in [-0.2, 0) is 18.5 Å². The Morgan fingerprint density at radius 2 is 1.62 bits per heavy atom. The van der Waals surface area contributed by atoms with Gasteiger partial charge in [-0.15, -0.1) is 0 Å². The van der Waals surface area contributed by atoms with Crippen molar-refractivity contribution in [1.29, 1.82) is 0 Å². The molecule has 0 saturated heterocycles. The van der Waals surface area contributed by atoms with Crippen LogP contribution in [0.1, 0.15) is 55.2 Å². The molecule has 45 heavy (non-hydrogen) atoms. The van der Waals surface area contributed by atoms with E-state index in [0.29, 0.717) is 29.2 Å². The number of aromatic nitrogens is 1. The molecule has 4 unspecified atom stereocenters. The van der Waals surface area contributed by atoms with E-state index in [0.717, 1.165) is 78.5 Å². The van der Waals surface area contributed by atoms with Crippen LogP contribution in [0.4, 0.5) is 0 Å². The molecule has 9 nitrogen and oxygen atoms in total. The second kappa shape index (κ2) is 15.5. The summed E-state index contributed by atoms with van der Waals surface area (Å²) in [4.78, 5) is 4.47. The van der Waals surface area contributed by atoms with Crippen molar-refractivity contribution in [2.75, 3.05) is 19.7 Å². The Kier molecular flexibility index (Phi) is 11.7. The number of aliphatic hydroxyl groups is 5. The van der Waals surface area contributed by atoms with E-state index < -0.39 is 31.0 Å². The van der Waals surface area contributed by atoms with E-state index in [1.165, 1.54) is 0 Å². The zero-order valence-corrected chi connectivity index (χ0v) is 26.7. The minimum absolute atomic E-state index is 0.0352. The number of nitrogens with one attached hydrogen (secondary N) is 2. The maximum absolute atomic E-state index is 10.0. The Balaban J connectivity index is 1.13. The van der Waals surface area contributed by atoms with Gasteiger partial charge in [-0.25, -0.2) is 0 Å². The number of para-hydroxylation sites is 1. The number of nitrogens with zero attached hydrogens (tertiary/aromatic N) is 1. The third kappa shape index (κ3) is 8.74. The van der Waals surface area contributed by atoms with Crippen molar-refractivity contribution in [3.05, 3.63) is 81.6 Å². The molecule has 4 atom stereocenters. The normalized spacial score (nSPS) is 18.3. The summed E-state index contributed by atoms with van der Waals surface area (Å²) in [5, 5.41) is 56.1. The van der Waals surface area contributed by atoms with Gasteiger partial charge in [-0.1, -0.05) is 41.4 Å². The van der Waals surface area contributed by atoms with Gasteiger partial charge in [0.1, 0.15) is 24.1 Å². The van der Waals surface area contributed by atoms with E-state index in [2.05, 4.69) is 27.8 Å². The Morgan fingerprint density at radius 1 is 0.911 bits per heavy atom. The summed E-state index contributed by atoms with van der Waals surface area (Å²) in [5.74, 6) is 0.913. The van der Waals surface area contributed by atoms with E-state index >= 15 is 0 Å². The minimum atomic E-state index is -1.63. The number of aryl methyl sites for hydroxylation is 1. The molecule has 2 aliphatic carbocycles. The number of benzene rings is 2. The molecule has 7 N–H and O–H groups in total. The lowest BCUT2D eigenvalue weighted by atomic mass is 9.94. The molecule has 2 aromatic carbocycles. The molecule has 0 radical (unpaired) electrons. The van der Waals surface area contributed by atoms with Crippen molar-refractivity contribution in [2.24, 2.45) is 0 Å². The number of aliphatic hydroxyl groups excluding tert-OH is 5. The summed E-state index contributed by atoms with van der Waals surface area (Å²) in [7, 11) is 0. The Morgan fingerprint density at radius 3 is 2.36 bits per heavy atom. The van der Waals surface area contributed by atoms with Crippen LogP contribution in [-0.4, -0.2) is 80.7 Å². The Labute approximate surface area is 274 Å². The van der Waals surface area contributed by atoms with Gasteiger partial charge in [0.2, 0.25) is 0 Å². The molecule has 2 fully saturated rings. The third-order valence-electron chi connectivity index (χ3n) is 8.64. The number of unbranched alkanes of at least 4 members (excludes halogenated alkanes) is 1. The fourth-order valence-electron chi connectivity index (χ4n) is 5.55. The summed E-state index contributed by atoms with van der Waals surface area (Å²) in [5.41, 5.74) is 5.07. The van der Waals surface area contributed by atoms with Gasteiger partial charge in [0.25, 0.3) is 0 Å². The van der Waals surface area contributed by atoms with Crippen LogP contribution < -0.4 is 15.4 Å². The minimum Gasteiger partial charge on any atom is -0.490 e. The van der Waals surface area contributed by atoms with Gasteiger partial charge in [-0.05, 0) is 98.0 Å². The first-order valence-electron chi connectivity index (χ1n) is 15.7. The van der Waals surface area contributed by atoms with E-state index in [9.17, 15) is 20.4 Å². The lowest BCUT2D eigenvalue weighted by molar-refractivity contribution is -0.113. The molecule has 0 aliphatic heterocycles. The van der Waals surface area contributed by atoms with Gasteiger partial charge >= 0.3 is 0 Å². The first-order valence-corrected chi connectivity index (χ1v) is 16.4. The summed E-state index contributed by atoms with van der Waals surface area (Å²) in [6.45, 7) is 0.468. The van der Waals surface area contributed by atoms with E-state index in [4.69, 9.17) is 33.0 Å². The SMILES string of the molecule is OCC(O)C(O)C(O)C(O)CNCCCCc1cc(Cl)c(CNC2(c3cnccc3-c3ccccc3OC3CC3)CC2)cc1Cl. The predicted molar refractivity (Wildman–Crippen MR) is 174 cm³/mol. The van der Waals surface area contributed by atoms with E-state index in [-0.39, 0.29) is 12.1 Å². The molecule has 1 heterocycles. The predicted octanol–water partition coefficient (Wildman–Crippen LogP) is 3.72. The monoisotopic (exact) mass is 659 g/mol. The van der Waals surface area contributed by atoms with Crippen molar-refractivity contribution < 1.29 is 30.3 Å². The number of rotatable bonds is 18. The highest BCUT2D eigenvalue weighted by Gasteiger charge is 2.46. The topological polar surface area (TPSA) is 147 Å². The van der Waals surface area contributed by atoms with E-state index in [1.807, 2.05) is 42.7 Å². The fourth-order valence-corrected chi connectivity index (χ4v) is 6.09.